The summed E-state index contributed by atoms with van der Waals surface area (Å²) in [5.74, 6) is 2.79. The molecule has 11 heteroatoms. The van der Waals surface area contributed by atoms with Crippen LogP contribution in [0.2, 0.25) is 0 Å². The van der Waals surface area contributed by atoms with E-state index >= 15 is 0 Å². The number of hydrogen-bond donors (Lipinski definition) is 1. The van der Waals surface area contributed by atoms with Crippen molar-refractivity contribution < 1.29 is 33.3 Å². The van der Waals surface area contributed by atoms with Crippen LogP contribution in [0.3, 0.4) is 0 Å². The van der Waals surface area contributed by atoms with E-state index in [2.05, 4.69) is 17.0 Å². The molecule has 0 bridgehead atoms. The van der Waals surface area contributed by atoms with Gasteiger partial charge in [-0.15, -0.1) is 0 Å². The molecule has 5 aromatic rings. The Hall–Kier alpha value is -5.13. The maximum atomic E-state index is 14.0. The minimum absolute atomic E-state index is 0.0499. The third-order valence-electron chi connectivity index (χ3n) is 9.84. The number of fused-ring (bicyclic) bond motifs is 1. The molecule has 0 radical (unpaired) electrons. The van der Waals surface area contributed by atoms with Crippen LogP contribution in [0.15, 0.2) is 83.3 Å². The van der Waals surface area contributed by atoms with Crippen LogP contribution in [-0.4, -0.2) is 90.7 Å². The molecule has 3 heterocycles. The summed E-state index contributed by atoms with van der Waals surface area (Å²) >= 11 is 0. The number of carbonyl (C=O) groups is 2. The number of imidazole rings is 1. The lowest BCUT2D eigenvalue weighted by atomic mass is 9.90. The van der Waals surface area contributed by atoms with Gasteiger partial charge in [-0.1, -0.05) is 42.5 Å². The zero-order valence-electron chi connectivity index (χ0n) is 29.7. The highest BCUT2D eigenvalue weighted by Gasteiger charge is 2.30. The van der Waals surface area contributed by atoms with Gasteiger partial charge < -0.3 is 38.1 Å². The maximum Gasteiger partial charge on any atom is 0.253 e. The van der Waals surface area contributed by atoms with E-state index in [1.165, 1.54) is 26.9 Å². The SMILES string of the molecule is COc1cc(C(=O)N(C)CC(CCN2CCC(C(=O)c3nc4ccccc4n3Cc3ccc(CO)o3)CC2)c2ccccc2)cc(OC)c1OC. The van der Waals surface area contributed by atoms with Crippen molar-refractivity contribution >= 4 is 22.7 Å². The minimum Gasteiger partial charge on any atom is -0.493 e. The largest absolute Gasteiger partial charge is 0.493 e. The Kier molecular flexibility index (Phi) is 11.4. The van der Waals surface area contributed by atoms with Crippen LogP contribution in [0.1, 0.15) is 63.2 Å². The molecule has 3 aromatic carbocycles. The van der Waals surface area contributed by atoms with Gasteiger partial charge in [0.1, 0.15) is 18.1 Å². The second-order valence-corrected chi connectivity index (χ2v) is 13.0. The standard InChI is InChI=1S/C40H46N4O7/c1-42(40(47)30-22-35(48-2)38(50-4)36(23-30)49-3)24-29(27-10-6-5-7-11-27)18-21-43-19-16-28(17-20-43)37(46)39-41-33-12-8-9-13-34(33)44(39)25-31-14-15-32(26-45)51-31/h5-15,22-23,28-29,45H,16-21,24-26H2,1-4H3. The summed E-state index contributed by atoms with van der Waals surface area (Å²) in [6, 6.07) is 25.0. The average Bonchev–Trinajstić information content (AvgIpc) is 3.80. The second kappa shape index (κ2) is 16.3. The molecular weight excluding hydrogens is 648 g/mol. The van der Waals surface area contributed by atoms with Crippen molar-refractivity contribution in [3.05, 3.63) is 107 Å². The van der Waals surface area contributed by atoms with Crippen molar-refractivity contribution in [2.45, 2.75) is 38.3 Å². The molecule has 1 atom stereocenters. The van der Waals surface area contributed by atoms with Crippen molar-refractivity contribution in [2.75, 3.05) is 54.6 Å². The molecule has 0 saturated carbocycles. The Morgan fingerprint density at radius 3 is 2.24 bits per heavy atom. The molecule has 0 aliphatic carbocycles. The molecule has 11 nitrogen and oxygen atoms in total. The highest BCUT2D eigenvalue weighted by atomic mass is 16.5. The number of benzene rings is 3. The molecule has 0 spiro atoms. The first-order valence-corrected chi connectivity index (χ1v) is 17.3. The van der Waals surface area contributed by atoms with Gasteiger partial charge >= 0.3 is 0 Å². The Morgan fingerprint density at radius 1 is 0.922 bits per heavy atom. The molecule has 1 aliphatic heterocycles. The number of para-hydroxylation sites is 2. The van der Waals surface area contributed by atoms with Gasteiger partial charge in [0.2, 0.25) is 11.5 Å². The maximum absolute atomic E-state index is 14.0. The van der Waals surface area contributed by atoms with Crippen molar-refractivity contribution in [3.8, 4) is 17.2 Å². The van der Waals surface area contributed by atoms with Gasteiger partial charge in [-0.05, 0) is 80.9 Å². The van der Waals surface area contributed by atoms with Gasteiger partial charge in [0.25, 0.3) is 5.91 Å². The van der Waals surface area contributed by atoms with E-state index in [0.717, 1.165) is 49.9 Å². The second-order valence-electron chi connectivity index (χ2n) is 13.0. The topological polar surface area (TPSA) is 120 Å². The zero-order chi connectivity index (χ0) is 35.9. The number of nitrogens with zero attached hydrogens (tertiary/aromatic N) is 4. The van der Waals surface area contributed by atoms with Crippen LogP contribution < -0.4 is 14.2 Å². The number of rotatable bonds is 15. The van der Waals surface area contributed by atoms with Crippen LogP contribution in [0, 0.1) is 5.92 Å². The van der Waals surface area contributed by atoms with Gasteiger partial charge in [-0.25, -0.2) is 4.98 Å². The van der Waals surface area contributed by atoms with Crippen molar-refractivity contribution in [1.82, 2.24) is 19.4 Å². The molecule has 6 rings (SSSR count). The van der Waals surface area contributed by atoms with E-state index in [1.807, 2.05) is 60.1 Å². The molecule has 268 valence electrons. The Morgan fingerprint density at radius 2 is 1.59 bits per heavy atom. The Labute approximate surface area is 298 Å². The molecule has 1 fully saturated rings. The molecule has 1 saturated heterocycles. The van der Waals surface area contributed by atoms with Gasteiger partial charge in [-0.2, -0.15) is 0 Å². The van der Waals surface area contributed by atoms with Crippen LogP contribution in [0.4, 0.5) is 0 Å². The summed E-state index contributed by atoms with van der Waals surface area (Å²) in [7, 11) is 6.43. The van der Waals surface area contributed by atoms with Crippen molar-refractivity contribution in [2.24, 2.45) is 5.92 Å². The lowest BCUT2D eigenvalue weighted by Crippen LogP contribution is -2.38. The molecule has 1 aliphatic rings. The number of aromatic nitrogens is 2. The summed E-state index contributed by atoms with van der Waals surface area (Å²) in [6.45, 7) is 3.16. The summed E-state index contributed by atoms with van der Waals surface area (Å²) < 4.78 is 24.1. The van der Waals surface area contributed by atoms with Gasteiger partial charge in [0.15, 0.2) is 17.3 Å². The third-order valence-corrected chi connectivity index (χ3v) is 9.84. The summed E-state index contributed by atoms with van der Waals surface area (Å²) in [6.07, 6.45) is 2.34. The van der Waals surface area contributed by atoms with Crippen LogP contribution in [0.25, 0.3) is 11.0 Å². The minimum atomic E-state index is -0.176. The van der Waals surface area contributed by atoms with Crippen LogP contribution >= 0.6 is 0 Å². The number of carbonyl (C=O) groups excluding carboxylic acids is 2. The molecule has 1 amide bonds. The van der Waals surface area contributed by atoms with Gasteiger partial charge in [-0.3, -0.25) is 9.59 Å². The van der Waals surface area contributed by atoms with Crippen molar-refractivity contribution in [1.29, 1.82) is 0 Å². The number of amides is 1. The fourth-order valence-electron chi connectivity index (χ4n) is 7.04. The predicted molar refractivity (Wildman–Crippen MR) is 194 cm³/mol. The number of likely N-dealkylation sites (tertiary alicyclic amines) is 1. The Bertz CT molecular complexity index is 1920. The van der Waals surface area contributed by atoms with E-state index in [-0.39, 0.29) is 30.1 Å². The summed E-state index contributed by atoms with van der Waals surface area (Å²) in [4.78, 5) is 36.6. The monoisotopic (exact) mass is 694 g/mol. The predicted octanol–water partition coefficient (Wildman–Crippen LogP) is 6.04. The number of hydrogen-bond acceptors (Lipinski definition) is 9. The third kappa shape index (κ3) is 7.95. The number of aliphatic hydroxyl groups excluding tert-OH is 1. The number of Topliss-reactive ketones (excluding diaryl/α,β-unsaturated/α-hetero) is 1. The van der Waals surface area contributed by atoms with Crippen LogP contribution in [-0.2, 0) is 13.2 Å². The van der Waals surface area contributed by atoms with E-state index in [4.69, 9.17) is 23.6 Å². The first kappa shape index (κ1) is 35.7. The number of ether oxygens (including phenoxy) is 3. The smallest absolute Gasteiger partial charge is 0.253 e. The highest BCUT2D eigenvalue weighted by Crippen LogP contribution is 2.38. The molecule has 1 N–H and O–H groups in total. The van der Waals surface area contributed by atoms with E-state index in [9.17, 15) is 14.7 Å². The molecular formula is C40H46N4O7. The van der Waals surface area contributed by atoms with Crippen LogP contribution in [0.5, 0.6) is 17.2 Å². The number of piperidine rings is 1. The first-order valence-electron chi connectivity index (χ1n) is 17.3. The summed E-state index contributed by atoms with van der Waals surface area (Å²) in [5.41, 5.74) is 3.28. The van der Waals surface area contributed by atoms with Crippen molar-refractivity contribution in [3.63, 3.8) is 0 Å². The lowest BCUT2D eigenvalue weighted by Gasteiger charge is -2.33. The number of methoxy groups -OCH3 is 3. The number of aliphatic hydroxyl groups is 1. The zero-order valence-corrected chi connectivity index (χ0v) is 29.7. The fourth-order valence-corrected chi connectivity index (χ4v) is 7.04. The lowest BCUT2D eigenvalue weighted by molar-refractivity contribution is 0.0778. The van der Waals surface area contributed by atoms with E-state index in [0.29, 0.717) is 53.2 Å². The summed E-state index contributed by atoms with van der Waals surface area (Å²) in [5, 5.41) is 9.46. The molecule has 2 aromatic heterocycles. The molecule has 51 heavy (non-hydrogen) atoms. The average molecular weight is 695 g/mol. The first-order chi connectivity index (χ1) is 24.8. The van der Waals surface area contributed by atoms with Gasteiger partial charge in [0, 0.05) is 31.0 Å². The molecule has 1 unspecified atom stereocenters. The van der Waals surface area contributed by atoms with E-state index < -0.39 is 0 Å². The highest BCUT2D eigenvalue weighted by molar-refractivity contribution is 5.98. The fraction of sp³-hybridized carbons (Fsp3) is 0.375. The normalized spacial score (nSPS) is 14.4. The van der Waals surface area contributed by atoms with E-state index in [1.54, 1.807) is 23.1 Å². The number of ketones is 1. The number of furan rings is 1. The Balaban J connectivity index is 1.11. The quantitative estimate of drug-likeness (QED) is 0.131. The number of likely N-dealkylation sites (N-methyl/N-ethyl adjacent to an activating group) is 1. The van der Waals surface area contributed by atoms with Gasteiger partial charge in [0.05, 0.1) is 38.9 Å².